The standard InChI is InChI=1S/C11H19N3O3/c1-2-15-6-5-10-13-11(17-14-10)9-4-3-8(7-12)16-9/h8-9H,2-7,12H2,1H3. The first-order chi connectivity index (χ1) is 8.33. The van der Waals surface area contributed by atoms with E-state index < -0.39 is 0 Å². The summed E-state index contributed by atoms with van der Waals surface area (Å²) in [5.41, 5.74) is 5.55. The molecule has 17 heavy (non-hydrogen) atoms. The van der Waals surface area contributed by atoms with Crippen LogP contribution >= 0.6 is 0 Å². The molecule has 2 N–H and O–H groups in total. The van der Waals surface area contributed by atoms with Crippen LogP contribution in [-0.4, -0.2) is 36.0 Å². The van der Waals surface area contributed by atoms with Gasteiger partial charge in [0.2, 0.25) is 0 Å². The van der Waals surface area contributed by atoms with Crippen LogP contribution in [0.4, 0.5) is 0 Å². The SMILES string of the molecule is CCOCCc1noc(C2CCC(CN)O2)n1. The Bertz CT molecular complexity index is 342. The lowest BCUT2D eigenvalue weighted by Crippen LogP contribution is -2.18. The molecule has 1 fully saturated rings. The Kier molecular flexibility index (Phi) is 4.47. The second-order valence-corrected chi connectivity index (χ2v) is 4.06. The molecule has 0 spiro atoms. The fourth-order valence-electron chi connectivity index (χ4n) is 1.87. The van der Waals surface area contributed by atoms with Crippen molar-refractivity contribution in [1.82, 2.24) is 10.1 Å². The molecule has 1 aromatic rings. The van der Waals surface area contributed by atoms with Gasteiger partial charge in [0.1, 0.15) is 6.10 Å². The van der Waals surface area contributed by atoms with Crippen LogP contribution in [0.1, 0.15) is 37.6 Å². The minimum absolute atomic E-state index is 0.0862. The zero-order chi connectivity index (χ0) is 12.1. The quantitative estimate of drug-likeness (QED) is 0.743. The van der Waals surface area contributed by atoms with Gasteiger partial charge in [-0.05, 0) is 19.8 Å². The molecule has 0 bridgehead atoms. The number of hydrogen-bond donors (Lipinski definition) is 1. The second-order valence-electron chi connectivity index (χ2n) is 4.06. The molecule has 0 radical (unpaired) electrons. The van der Waals surface area contributed by atoms with E-state index in [2.05, 4.69) is 10.1 Å². The van der Waals surface area contributed by atoms with E-state index in [1.165, 1.54) is 0 Å². The van der Waals surface area contributed by atoms with Crippen molar-refractivity contribution in [3.8, 4) is 0 Å². The summed E-state index contributed by atoms with van der Waals surface area (Å²) in [4.78, 5) is 4.31. The van der Waals surface area contributed by atoms with Crippen LogP contribution in [0.3, 0.4) is 0 Å². The minimum Gasteiger partial charge on any atom is -0.381 e. The third-order valence-electron chi connectivity index (χ3n) is 2.80. The lowest BCUT2D eigenvalue weighted by atomic mass is 10.2. The summed E-state index contributed by atoms with van der Waals surface area (Å²) in [6.07, 6.45) is 2.56. The highest BCUT2D eigenvalue weighted by atomic mass is 16.5. The summed E-state index contributed by atoms with van der Waals surface area (Å²) in [6.45, 7) is 3.82. The van der Waals surface area contributed by atoms with Gasteiger partial charge in [0.25, 0.3) is 5.89 Å². The van der Waals surface area contributed by atoms with Crippen LogP contribution in [0.15, 0.2) is 4.52 Å². The maximum absolute atomic E-state index is 5.68. The Labute approximate surface area is 100 Å². The van der Waals surface area contributed by atoms with E-state index in [9.17, 15) is 0 Å². The third-order valence-corrected chi connectivity index (χ3v) is 2.80. The first-order valence-corrected chi connectivity index (χ1v) is 6.09. The molecule has 0 saturated carbocycles. The van der Waals surface area contributed by atoms with Crippen molar-refractivity contribution in [1.29, 1.82) is 0 Å². The molecule has 2 rings (SSSR count). The van der Waals surface area contributed by atoms with Crippen LogP contribution in [0, 0.1) is 0 Å². The van der Waals surface area contributed by atoms with Gasteiger partial charge in [-0.1, -0.05) is 5.16 Å². The summed E-state index contributed by atoms with van der Waals surface area (Å²) in [5.74, 6) is 1.24. The average Bonchev–Trinajstić information content (AvgIpc) is 2.97. The molecule has 1 aromatic heterocycles. The number of hydrogen-bond acceptors (Lipinski definition) is 6. The van der Waals surface area contributed by atoms with E-state index in [0.29, 0.717) is 37.9 Å². The summed E-state index contributed by atoms with van der Waals surface area (Å²) in [5, 5.41) is 3.91. The Morgan fingerprint density at radius 1 is 1.47 bits per heavy atom. The predicted molar refractivity (Wildman–Crippen MR) is 60.4 cm³/mol. The van der Waals surface area contributed by atoms with Crippen molar-refractivity contribution >= 4 is 0 Å². The van der Waals surface area contributed by atoms with Crippen molar-refractivity contribution < 1.29 is 14.0 Å². The second kappa shape index (κ2) is 6.09. The van der Waals surface area contributed by atoms with Crippen LogP contribution in [-0.2, 0) is 15.9 Å². The monoisotopic (exact) mass is 241 g/mol. The van der Waals surface area contributed by atoms with Gasteiger partial charge in [-0.3, -0.25) is 0 Å². The minimum atomic E-state index is -0.0862. The zero-order valence-electron chi connectivity index (χ0n) is 10.1. The van der Waals surface area contributed by atoms with Gasteiger partial charge >= 0.3 is 0 Å². The van der Waals surface area contributed by atoms with Crippen LogP contribution in [0.5, 0.6) is 0 Å². The highest BCUT2D eigenvalue weighted by Gasteiger charge is 2.29. The Balaban J connectivity index is 1.85. The maximum Gasteiger partial charge on any atom is 0.255 e. The molecule has 96 valence electrons. The zero-order valence-corrected chi connectivity index (χ0v) is 10.1. The van der Waals surface area contributed by atoms with Crippen LogP contribution in [0.2, 0.25) is 0 Å². The van der Waals surface area contributed by atoms with Gasteiger partial charge in [0.05, 0.1) is 12.7 Å². The van der Waals surface area contributed by atoms with E-state index >= 15 is 0 Å². The third kappa shape index (κ3) is 3.24. The fourth-order valence-corrected chi connectivity index (χ4v) is 1.87. The number of rotatable bonds is 6. The predicted octanol–water partition coefficient (Wildman–Crippen LogP) is 0.827. The lowest BCUT2D eigenvalue weighted by molar-refractivity contribution is 0.0307. The normalized spacial score (nSPS) is 24.4. The molecule has 1 aliphatic rings. The van der Waals surface area contributed by atoms with E-state index in [-0.39, 0.29) is 12.2 Å². The van der Waals surface area contributed by atoms with Gasteiger partial charge in [-0.2, -0.15) is 4.98 Å². The number of nitrogens with two attached hydrogens (primary N) is 1. The first-order valence-electron chi connectivity index (χ1n) is 6.09. The summed E-state index contributed by atoms with van der Waals surface area (Å²) in [7, 11) is 0. The first kappa shape index (κ1) is 12.5. The van der Waals surface area contributed by atoms with Crippen molar-refractivity contribution in [2.24, 2.45) is 5.73 Å². The molecule has 0 aliphatic carbocycles. The summed E-state index contributed by atoms with van der Waals surface area (Å²) < 4.78 is 16.1. The smallest absolute Gasteiger partial charge is 0.255 e. The van der Waals surface area contributed by atoms with Gasteiger partial charge < -0.3 is 19.7 Å². The maximum atomic E-state index is 5.68. The fraction of sp³-hybridized carbons (Fsp3) is 0.818. The largest absolute Gasteiger partial charge is 0.381 e. The summed E-state index contributed by atoms with van der Waals surface area (Å²) >= 11 is 0. The van der Waals surface area contributed by atoms with E-state index in [1.807, 2.05) is 6.92 Å². The van der Waals surface area contributed by atoms with Gasteiger partial charge in [0, 0.05) is 19.6 Å². The highest BCUT2D eigenvalue weighted by molar-refractivity contribution is 4.93. The van der Waals surface area contributed by atoms with Crippen LogP contribution < -0.4 is 5.73 Å². The molecule has 0 amide bonds. The van der Waals surface area contributed by atoms with E-state index in [4.69, 9.17) is 19.7 Å². The van der Waals surface area contributed by atoms with Crippen molar-refractivity contribution in [2.45, 2.75) is 38.4 Å². The Hall–Kier alpha value is -0.980. The van der Waals surface area contributed by atoms with Gasteiger partial charge in [-0.25, -0.2) is 0 Å². The molecule has 2 heterocycles. The van der Waals surface area contributed by atoms with Crippen molar-refractivity contribution in [3.05, 3.63) is 11.7 Å². The number of nitrogens with zero attached hydrogens (tertiary/aromatic N) is 2. The Morgan fingerprint density at radius 2 is 2.35 bits per heavy atom. The molecule has 1 aliphatic heterocycles. The van der Waals surface area contributed by atoms with Crippen molar-refractivity contribution in [3.63, 3.8) is 0 Å². The molecule has 2 unspecified atom stereocenters. The van der Waals surface area contributed by atoms with Crippen LogP contribution in [0.25, 0.3) is 0 Å². The lowest BCUT2D eigenvalue weighted by Gasteiger charge is -2.07. The molecule has 0 aromatic carbocycles. The average molecular weight is 241 g/mol. The molecule has 6 heteroatoms. The molecule has 6 nitrogen and oxygen atoms in total. The molecule has 2 atom stereocenters. The Morgan fingerprint density at radius 3 is 3.06 bits per heavy atom. The molecular weight excluding hydrogens is 222 g/mol. The topological polar surface area (TPSA) is 83.4 Å². The molecule has 1 saturated heterocycles. The van der Waals surface area contributed by atoms with Gasteiger partial charge in [-0.15, -0.1) is 0 Å². The number of aromatic nitrogens is 2. The summed E-state index contributed by atoms with van der Waals surface area (Å²) in [6, 6.07) is 0. The highest BCUT2D eigenvalue weighted by Crippen LogP contribution is 2.31. The van der Waals surface area contributed by atoms with Gasteiger partial charge in [0.15, 0.2) is 5.82 Å². The number of ether oxygens (including phenoxy) is 2. The molecular formula is C11H19N3O3. The van der Waals surface area contributed by atoms with E-state index in [0.717, 1.165) is 12.8 Å². The van der Waals surface area contributed by atoms with E-state index in [1.54, 1.807) is 0 Å². The van der Waals surface area contributed by atoms with Crippen molar-refractivity contribution in [2.75, 3.05) is 19.8 Å².